The maximum absolute atomic E-state index is 10.9. The second-order valence-corrected chi connectivity index (χ2v) is 4.73. The molecule has 0 spiro atoms. The highest BCUT2D eigenvalue weighted by atomic mass is 16.6. The van der Waals surface area contributed by atoms with Crippen molar-refractivity contribution in [1.82, 2.24) is 0 Å². The number of unbranched alkanes of at least 4 members (excludes halogenated alkanes) is 1. The van der Waals surface area contributed by atoms with Crippen molar-refractivity contribution in [2.24, 2.45) is 0 Å². The summed E-state index contributed by atoms with van der Waals surface area (Å²) in [6.45, 7) is 2.10. The number of hydrogen-bond donors (Lipinski definition) is 1. The first-order chi connectivity index (χ1) is 10.1. The molecule has 0 heterocycles. The minimum atomic E-state index is -0.512. The Morgan fingerprint density at radius 1 is 1.19 bits per heavy atom. The van der Waals surface area contributed by atoms with E-state index in [4.69, 9.17) is 4.74 Å². The van der Waals surface area contributed by atoms with Crippen molar-refractivity contribution in [3.05, 3.63) is 58.1 Å². The normalized spacial score (nSPS) is 10.3. The van der Waals surface area contributed by atoms with E-state index in [-0.39, 0.29) is 22.9 Å². The van der Waals surface area contributed by atoms with Gasteiger partial charge in [-0.25, -0.2) is 0 Å². The molecule has 2 aromatic rings. The third-order valence-corrected chi connectivity index (χ3v) is 3.12. The molecule has 0 bridgehead atoms. The fourth-order valence-corrected chi connectivity index (χ4v) is 2.00. The van der Waals surface area contributed by atoms with Gasteiger partial charge in [0.2, 0.25) is 5.75 Å². The average molecular weight is 287 g/mol. The topological polar surface area (TPSA) is 72.6 Å². The molecule has 0 radical (unpaired) electrons. The minimum absolute atomic E-state index is 0.0123. The first kappa shape index (κ1) is 14.8. The summed E-state index contributed by atoms with van der Waals surface area (Å²) in [6, 6.07) is 11.2. The Morgan fingerprint density at radius 2 is 1.95 bits per heavy atom. The Balaban J connectivity index is 2.22. The molecule has 0 aliphatic carbocycles. The zero-order valence-corrected chi connectivity index (χ0v) is 11.8. The van der Waals surface area contributed by atoms with Crippen LogP contribution >= 0.6 is 0 Å². The molecule has 0 aromatic heterocycles. The molecular weight excluding hydrogens is 270 g/mol. The Hall–Kier alpha value is -2.56. The van der Waals surface area contributed by atoms with E-state index in [1.54, 1.807) is 24.3 Å². The van der Waals surface area contributed by atoms with Gasteiger partial charge in [-0.15, -0.1) is 0 Å². The van der Waals surface area contributed by atoms with E-state index in [1.807, 2.05) is 6.07 Å². The Morgan fingerprint density at radius 3 is 2.62 bits per heavy atom. The maximum Gasteiger partial charge on any atom is 0.311 e. The summed E-state index contributed by atoms with van der Waals surface area (Å²) in [5.74, 6) is 0.311. The maximum atomic E-state index is 10.9. The highest BCUT2D eigenvalue weighted by molar-refractivity contribution is 5.51. The van der Waals surface area contributed by atoms with Gasteiger partial charge in [0.15, 0.2) is 11.5 Å². The van der Waals surface area contributed by atoms with E-state index < -0.39 is 4.92 Å². The van der Waals surface area contributed by atoms with Crippen molar-refractivity contribution in [2.45, 2.75) is 26.2 Å². The highest BCUT2D eigenvalue weighted by Crippen LogP contribution is 2.36. The first-order valence-corrected chi connectivity index (χ1v) is 6.85. The molecule has 0 fully saturated rings. The minimum Gasteiger partial charge on any atom is -0.504 e. The van der Waals surface area contributed by atoms with Gasteiger partial charge in [-0.3, -0.25) is 10.1 Å². The molecule has 1 N–H and O–H groups in total. The zero-order chi connectivity index (χ0) is 15.2. The van der Waals surface area contributed by atoms with Crippen LogP contribution < -0.4 is 4.74 Å². The summed E-state index contributed by atoms with van der Waals surface area (Å²) < 4.78 is 5.47. The summed E-state index contributed by atoms with van der Waals surface area (Å²) in [5, 5.41) is 20.9. The molecule has 2 aromatic carbocycles. The lowest BCUT2D eigenvalue weighted by Gasteiger charge is -2.09. The van der Waals surface area contributed by atoms with E-state index in [0.29, 0.717) is 0 Å². The quantitative estimate of drug-likeness (QED) is 0.630. The summed E-state index contributed by atoms with van der Waals surface area (Å²) >= 11 is 0. The van der Waals surface area contributed by atoms with Gasteiger partial charge in [0.05, 0.1) is 4.92 Å². The van der Waals surface area contributed by atoms with Crippen molar-refractivity contribution in [1.29, 1.82) is 0 Å². The van der Waals surface area contributed by atoms with Crippen LogP contribution in [0.5, 0.6) is 17.2 Å². The molecule has 0 amide bonds. The van der Waals surface area contributed by atoms with Gasteiger partial charge in [0.25, 0.3) is 0 Å². The average Bonchev–Trinajstić information content (AvgIpc) is 2.48. The number of benzene rings is 2. The lowest BCUT2D eigenvalue weighted by molar-refractivity contribution is -0.385. The van der Waals surface area contributed by atoms with E-state index in [0.717, 1.165) is 24.8 Å². The molecule has 2 rings (SSSR count). The lowest BCUT2D eigenvalue weighted by atomic mass is 10.1. The fraction of sp³-hybridized carbons (Fsp3) is 0.250. The summed E-state index contributed by atoms with van der Waals surface area (Å²) in [6.07, 6.45) is 3.01. The Labute approximate surface area is 123 Å². The number of aryl methyl sites for hydroxylation is 1. The predicted molar refractivity (Wildman–Crippen MR) is 79.9 cm³/mol. The van der Waals surface area contributed by atoms with E-state index in [2.05, 4.69) is 6.92 Å². The molecule has 110 valence electrons. The SMILES string of the molecule is CCCCc1ccc(Oc2ccccc2[N+](=O)[O-])c(O)c1. The number of nitro benzene ring substituents is 1. The summed E-state index contributed by atoms with van der Waals surface area (Å²) in [7, 11) is 0. The zero-order valence-electron chi connectivity index (χ0n) is 11.8. The molecular formula is C16H17NO4. The van der Waals surface area contributed by atoms with Crippen LogP contribution in [-0.4, -0.2) is 10.0 Å². The van der Waals surface area contributed by atoms with Crippen LogP contribution in [-0.2, 0) is 6.42 Å². The van der Waals surface area contributed by atoms with E-state index >= 15 is 0 Å². The monoisotopic (exact) mass is 287 g/mol. The van der Waals surface area contributed by atoms with Crippen molar-refractivity contribution in [2.75, 3.05) is 0 Å². The van der Waals surface area contributed by atoms with E-state index in [9.17, 15) is 15.2 Å². The second-order valence-electron chi connectivity index (χ2n) is 4.73. The number of hydrogen-bond acceptors (Lipinski definition) is 4. The van der Waals surface area contributed by atoms with E-state index in [1.165, 1.54) is 12.1 Å². The number of nitro groups is 1. The Kier molecular flexibility index (Phi) is 4.77. The molecule has 0 aliphatic rings. The van der Waals surface area contributed by atoms with Crippen LogP contribution in [0.25, 0.3) is 0 Å². The van der Waals surface area contributed by atoms with Gasteiger partial charge in [-0.2, -0.15) is 0 Å². The van der Waals surface area contributed by atoms with Gasteiger partial charge in [0.1, 0.15) is 0 Å². The number of nitrogens with zero attached hydrogens (tertiary/aromatic N) is 1. The number of ether oxygens (including phenoxy) is 1. The van der Waals surface area contributed by atoms with Crippen LogP contribution in [0.3, 0.4) is 0 Å². The smallest absolute Gasteiger partial charge is 0.311 e. The second kappa shape index (κ2) is 6.74. The van der Waals surface area contributed by atoms with Crippen molar-refractivity contribution < 1.29 is 14.8 Å². The fourth-order valence-electron chi connectivity index (χ4n) is 2.00. The Bertz CT molecular complexity index is 640. The largest absolute Gasteiger partial charge is 0.504 e. The number of phenols is 1. The van der Waals surface area contributed by atoms with Gasteiger partial charge >= 0.3 is 5.69 Å². The van der Waals surface area contributed by atoms with Crippen molar-refractivity contribution in [3.8, 4) is 17.2 Å². The van der Waals surface area contributed by atoms with Gasteiger partial charge in [0, 0.05) is 6.07 Å². The molecule has 0 atom stereocenters. The summed E-state index contributed by atoms with van der Waals surface area (Å²) in [4.78, 5) is 10.4. The molecule has 0 unspecified atom stereocenters. The molecule has 5 heteroatoms. The molecule has 0 aliphatic heterocycles. The van der Waals surface area contributed by atoms with Crippen LogP contribution in [0.15, 0.2) is 42.5 Å². The molecule has 5 nitrogen and oxygen atoms in total. The number of rotatable bonds is 6. The van der Waals surface area contributed by atoms with Crippen molar-refractivity contribution in [3.63, 3.8) is 0 Å². The van der Waals surface area contributed by atoms with Crippen LogP contribution in [0, 0.1) is 10.1 Å². The molecule has 0 saturated carbocycles. The van der Waals surface area contributed by atoms with Crippen LogP contribution in [0.2, 0.25) is 0 Å². The predicted octanol–water partition coefficient (Wildman–Crippen LogP) is 4.44. The van der Waals surface area contributed by atoms with Gasteiger partial charge in [-0.1, -0.05) is 31.5 Å². The molecule has 21 heavy (non-hydrogen) atoms. The lowest BCUT2D eigenvalue weighted by Crippen LogP contribution is -1.93. The number of phenolic OH excluding ortho intramolecular Hbond substituents is 1. The highest BCUT2D eigenvalue weighted by Gasteiger charge is 2.16. The molecule has 0 saturated heterocycles. The third kappa shape index (κ3) is 3.72. The first-order valence-electron chi connectivity index (χ1n) is 6.85. The van der Waals surface area contributed by atoms with Gasteiger partial charge in [-0.05, 0) is 36.6 Å². The standard InChI is InChI=1S/C16H17NO4/c1-2-3-6-12-9-10-16(14(18)11-12)21-15-8-5-4-7-13(15)17(19)20/h4-5,7-11,18H,2-3,6H2,1H3. The number of para-hydroxylation sites is 2. The van der Waals surface area contributed by atoms with Crippen molar-refractivity contribution >= 4 is 5.69 Å². The van der Waals surface area contributed by atoms with Crippen LogP contribution in [0.4, 0.5) is 5.69 Å². The van der Waals surface area contributed by atoms with Crippen LogP contribution in [0.1, 0.15) is 25.3 Å². The number of aromatic hydroxyl groups is 1. The third-order valence-electron chi connectivity index (χ3n) is 3.12. The van der Waals surface area contributed by atoms with Gasteiger partial charge < -0.3 is 9.84 Å². The summed E-state index contributed by atoms with van der Waals surface area (Å²) in [5.41, 5.74) is 0.885.